The molecular weight excluding hydrogens is 411 g/mol. The second kappa shape index (κ2) is 8.33. The highest BCUT2D eigenvalue weighted by Gasteiger charge is 2.39. The van der Waals surface area contributed by atoms with Gasteiger partial charge in [-0.1, -0.05) is 6.92 Å². The molecular formula is C21H23FN2O5S. The van der Waals surface area contributed by atoms with Gasteiger partial charge in [0.15, 0.2) is 5.75 Å². The zero-order valence-corrected chi connectivity index (χ0v) is 17.3. The van der Waals surface area contributed by atoms with Gasteiger partial charge >= 0.3 is 0 Å². The second-order valence-corrected chi connectivity index (χ2v) is 9.48. The molecule has 1 N–H and O–H groups in total. The average Bonchev–Trinajstić information content (AvgIpc) is 3.48. The molecule has 1 aliphatic carbocycles. The summed E-state index contributed by atoms with van der Waals surface area (Å²) < 4.78 is 51.6. The summed E-state index contributed by atoms with van der Waals surface area (Å²) in [6.45, 7) is 3.22. The smallest absolute Gasteiger partial charge is 0.243 e. The summed E-state index contributed by atoms with van der Waals surface area (Å²) in [5.74, 6) is 0.285. The topological polar surface area (TPSA) is 84.9 Å². The lowest BCUT2D eigenvalue weighted by molar-refractivity contribution is -0.117. The van der Waals surface area contributed by atoms with E-state index in [0.29, 0.717) is 24.9 Å². The molecule has 2 fully saturated rings. The Bertz CT molecular complexity index is 1040. The Kier molecular flexibility index (Phi) is 5.77. The van der Waals surface area contributed by atoms with Gasteiger partial charge in [-0.05, 0) is 54.8 Å². The van der Waals surface area contributed by atoms with Crippen molar-refractivity contribution in [2.75, 3.05) is 31.6 Å². The van der Waals surface area contributed by atoms with E-state index in [4.69, 9.17) is 9.47 Å². The number of carbonyl (C=O) groups is 1. The van der Waals surface area contributed by atoms with Crippen LogP contribution < -0.4 is 10.1 Å². The Hall–Kier alpha value is -2.49. The molecule has 4 rings (SSSR count). The van der Waals surface area contributed by atoms with E-state index in [1.165, 1.54) is 46.8 Å². The number of anilines is 1. The van der Waals surface area contributed by atoms with E-state index >= 15 is 0 Å². The van der Waals surface area contributed by atoms with E-state index < -0.39 is 15.8 Å². The van der Waals surface area contributed by atoms with Gasteiger partial charge in [0.1, 0.15) is 11.6 Å². The van der Waals surface area contributed by atoms with Gasteiger partial charge in [0.25, 0.3) is 0 Å². The molecule has 9 heteroatoms. The molecule has 1 saturated carbocycles. The number of carbonyl (C=O) groups excluding carboxylic acids is 1. The molecule has 0 aromatic heterocycles. The van der Waals surface area contributed by atoms with E-state index in [1.54, 1.807) is 0 Å². The number of hydrogen-bond donors (Lipinski definition) is 1. The van der Waals surface area contributed by atoms with Crippen LogP contribution in [0.4, 0.5) is 10.1 Å². The lowest BCUT2D eigenvalue weighted by atomic mass is 10.2. The highest BCUT2D eigenvalue weighted by Crippen LogP contribution is 2.40. The minimum Gasteiger partial charge on any atom is -0.455 e. The Morgan fingerprint density at radius 3 is 2.47 bits per heavy atom. The minimum atomic E-state index is -3.73. The van der Waals surface area contributed by atoms with Crippen LogP contribution in [0.3, 0.4) is 0 Å². The van der Waals surface area contributed by atoms with E-state index in [9.17, 15) is 17.6 Å². The molecule has 1 amide bonds. The van der Waals surface area contributed by atoms with Crippen LogP contribution in [0, 0.1) is 17.7 Å². The van der Waals surface area contributed by atoms with Crippen LogP contribution in [0.25, 0.3) is 0 Å². The van der Waals surface area contributed by atoms with Gasteiger partial charge in [0.2, 0.25) is 15.9 Å². The molecule has 2 aliphatic rings. The maximum Gasteiger partial charge on any atom is 0.243 e. The number of nitrogens with zero attached hydrogens (tertiary/aromatic N) is 1. The lowest BCUT2D eigenvalue weighted by Gasteiger charge is -2.26. The van der Waals surface area contributed by atoms with Crippen LogP contribution in [-0.4, -0.2) is 44.9 Å². The van der Waals surface area contributed by atoms with Crippen molar-refractivity contribution in [2.45, 2.75) is 18.2 Å². The first-order chi connectivity index (χ1) is 14.3. The summed E-state index contributed by atoms with van der Waals surface area (Å²) in [7, 11) is -3.73. The van der Waals surface area contributed by atoms with Gasteiger partial charge in [-0.2, -0.15) is 4.31 Å². The third-order valence-electron chi connectivity index (χ3n) is 5.30. The molecule has 0 radical (unpaired) electrons. The number of sulfonamides is 1. The fourth-order valence-corrected chi connectivity index (χ4v) is 4.77. The molecule has 1 aliphatic heterocycles. The molecule has 0 spiro atoms. The first kappa shape index (κ1) is 20.8. The quantitative estimate of drug-likeness (QED) is 0.755. The van der Waals surface area contributed by atoms with E-state index in [2.05, 4.69) is 5.32 Å². The average molecular weight is 434 g/mol. The van der Waals surface area contributed by atoms with Crippen LogP contribution in [0.2, 0.25) is 0 Å². The predicted octanol–water partition coefficient (Wildman–Crippen LogP) is 3.23. The maximum absolute atomic E-state index is 13.2. The fourth-order valence-electron chi connectivity index (χ4n) is 3.33. The first-order valence-corrected chi connectivity index (χ1v) is 11.2. The molecule has 1 saturated heterocycles. The Labute approximate surface area is 174 Å². The number of ether oxygens (including phenoxy) is 2. The van der Waals surface area contributed by atoms with Crippen LogP contribution >= 0.6 is 0 Å². The maximum atomic E-state index is 13.2. The SMILES string of the molecule is C[C@H]1C[C@H]1C(=O)Nc1cc(S(=O)(=O)N2CCOCC2)ccc1Oc1ccc(F)cc1. The van der Waals surface area contributed by atoms with E-state index in [1.807, 2.05) is 6.92 Å². The van der Waals surface area contributed by atoms with Gasteiger partial charge in [-0.15, -0.1) is 0 Å². The summed E-state index contributed by atoms with van der Waals surface area (Å²) >= 11 is 0. The first-order valence-electron chi connectivity index (χ1n) is 9.81. The van der Waals surface area contributed by atoms with Crippen LogP contribution in [0.15, 0.2) is 47.4 Å². The number of rotatable bonds is 6. The zero-order valence-electron chi connectivity index (χ0n) is 16.5. The normalized spacial score (nSPS) is 21.8. The van der Waals surface area contributed by atoms with E-state index in [0.717, 1.165) is 6.42 Å². The number of benzene rings is 2. The van der Waals surface area contributed by atoms with Crippen molar-refractivity contribution in [1.29, 1.82) is 0 Å². The number of morpholine rings is 1. The molecule has 2 atom stereocenters. The largest absolute Gasteiger partial charge is 0.455 e. The van der Waals surface area contributed by atoms with Crippen molar-refractivity contribution in [3.63, 3.8) is 0 Å². The standard InChI is InChI=1S/C21H23FN2O5S/c1-14-12-18(14)21(25)23-19-13-17(30(26,27)24-8-10-28-11-9-24)6-7-20(19)29-16-4-2-15(22)3-5-16/h2-7,13-14,18H,8-12H2,1H3,(H,23,25)/t14-,18+/m0/s1. The van der Waals surface area contributed by atoms with Gasteiger partial charge in [0, 0.05) is 19.0 Å². The highest BCUT2D eigenvalue weighted by atomic mass is 32.2. The van der Waals surface area contributed by atoms with Crippen molar-refractivity contribution in [1.82, 2.24) is 4.31 Å². The number of hydrogen-bond acceptors (Lipinski definition) is 5. The predicted molar refractivity (Wildman–Crippen MR) is 108 cm³/mol. The zero-order chi connectivity index (χ0) is 21.3. The Balaban J connectivity index is 1.65. The molecule has 0 unspecified atom stereocenters. The summed E-state index contributed by atoms with van der Waals surface area (Å²) in [6.07, 6.45) is 0.797. The van der Waals surface area contributed by atoms with Crippen molar-refractivity contribution >= 4 is 21.6 Å². The third kappa shape index (κ3) is 4.48. The van der Waals surface area contributed by atoms with Crippen molar-refractivity contribution in [2.24, 2.45) is 11.8 Å². The number of halogens is 1. The molecule has 160 valence electrons. The highest BCUT2D eigenvalue weighted by molar-refractivity contribution is 7.89. The summed E-state index contributed by atoms with van der Waals surface area (Å²) in [5.41, 5.74) is 0.262. The van der Waals surface area contributed by atoms with Crippen LogP contribution in [-0.2, 0) is 19.6 Å². The lowest BCUT2D eigenvalue weighted by Crippen LogP contribution is -2.40. The summed E-state index contributed by atoms with van der Waals surface area (Å²) in [4.78, 5) is 12.6. The molecule has 30 heavy (non-hydrogen) atoms. The fraction of sp³-hybridized carbons (Fsp3) is 0.381. The van der Waals surface area contributed by atoms with Crippen molar-refractivity contribution < 1.29 is 27.1 Å². The molecule has 0 bridgehead atoms. The van der Waals surface area contributed by atoms with Gasteiger partial charge in [-0.25, -0.2) is 12.8 Å². The van der Waals surface area contributed by atoms with Crippen molar-refractivity contribution in [3.8, 4) is 11.5 Å². The van der Waals surface area contributed by atoms with Crippen molar-refractivity contribution in [3.05, 3.63) is 48.3 Å². The van der Waals surface area contributed by atoms with Gasteiger partial charge in [0.05, 0.1) is 23.8 Å². The Morgan fingerprint density at radius 2 is 1.83 bits per heavy atom. The molecule has 7 nitrogen and oxygen atoms in total. The molecule has 2 aromatic carbocycles. The number of nitrogens with one attached hydrogen (secondary N) is 1. The second-order valence-electron chi connectivity index (χ2n) is 7.54. The minimum absolute atomic E-state index is 0.0648. The van der Waals surface area contributed by atoms with E-state index in [-0.39, 0.29) is 41.2 Å². The summed E-state index contributed by atoms with van der Waals surface area (Å²) in [6, 6.07) is 9.80. The third-order valence-corrected chi connectivity index (χ3v) is 7.20. The number of amides is 1. The van der Waals surface area contributed by atoms with Crippen LogP contribution in [0.1, 0.15) is 13.3 Å². The monoisotopic (exact) mass is 434 g/mol. The van der Waals surface area contributed by atoms with Gasteiger partial charge in [-0.3, -0.25) is 4.79 Å². The summed E-state index contributed by atoms with van der Waals surface area (Å²) in [5, 5.41) is 2.80. The van der Waals surface area contributed by atoms with Crippen LogP contribution in [0.5, 0.6) is 11.5 Å². The Morgan fingerprint density at radius 1 is 1.17 bits per heavy atom. The molecule has 2 aromatic rings. The van der Waals surface area contributed by atoms with Gasteiger partial charge < -0.3 is 14.8 Å². The molecule has 1 heterocycles.